The Morgan fingerprint density at radius 3 is 2.81 bits per heavy atom. The van der Waals surface area contributed by atoms with Crippen molar-refractivity contribution in [1.82, 2.24) is 24.6 Å². The number of hydrogen-bond acceptors (Lipinski definition) is 3. The molecule has 1 aliphatic heterocycles. The molecular weight excluding hydrogens is 405 g/mol. The fraction of sp³-hybridized carbons (Fsp3) is 0.320. The third-order valence-electron chi connectivity index (χ3n) is 6.40. The largest absolute Gasteiger partial charge is 0.346 e. The number of pyridine rings is 1. The first kappa shape index (κ1) is 20.4. The van der Waals surface area contributed by atoms with Gasteiger partial charge in [0.1, 0.15) is 5.82 Å². The fourth-order valence-electron chi connectivity index (χ4n) is 4.73. The van der Waals surface area contributed by atoms with Gasteiger partial charge in [0.2, 0.25) is 5.91 Å². The van der Waals surface area contributed by atoms with Crippen LogP contribution in [0.2, 0.25) is 0 Å². The third-order valence-corrected chi connectivity index (χ3v) is 6.40. The molecule has 4 heterocycles. The normalized spacial score (nSPS) is 18.5. The molecule has 6 nitrogen and oxygen atoms in total. The quantitative estimate of drug-likeness (QED) is 0.491. The number of hydrogen-bond donors (Lipinski definition) is 1. The Hall–Kier alpha value is -3.48. The van der Waals surface area contributed by atoms with Crippen molar-refractivity contribution >= 4 is 16.9 Å². The third kappa shape index (κ3) is 4.15. The van der Waals surface area contributed by atoms with Crippen LogP contribution < -0.4 is 0 Å². The lowest BCUT2D eigenvalue weighted by Crippen LogP contribution is -2.34. The molecule has 3 aromatic heterocycles. The maximum absolute atomic E-state index is 13.1. The highest BCUT2D eigenvalue weighted by molar-refractivity contribution is 5.79. The predicted octanol–water partition coefficient (Wildman–Crippen LogP) is 4.44. The number of nitrogens with zero attached hydrogens (tertiary/aromatic N) is 4. The molecule has 0 spiro atoms. The Bertz CT molecular complexity index is 1220. The summed E-state index contributed by atoms with van der Waals surface area (Å²) in [4.78, 5) is 19.6. The van der Waals surface area contributed by atoms with Crippen molar-refractivity contribution in [1.29, 1.82) is 0 Å². The summed E-state index contributed by atoms with van der Waals surface area (Å²) >= 11 is 0. The Balaban J connectivity index is 1.22. The maximum Gasteiger partial charge on any atom is 0.223 e. The first-order valence-electron chi connectivity index (χ1n) is 11.1. The van der Waals surface area contributed by atoms with Crippen LogP contribution in [0.1, 0.15) is 25.3 Å². The van der Waals surface area contributed by atoms with E-state index in [1.54, 1.807) is 18.3 Å². The second-order valence-corrected chi connectivity index (χ2v) is 8.68. The Kier molecular flexibility index (Phi) is 5.47. The molecule has 1 saturated heterocycles. The highest BCUT2D eigenvalue weighted by Crippen LogP contribution is 2.28. The molecule has 1 aromatic carbocycles. The van der Waals surface area contributed by atoms with Crippen molar-refractivity contribution in [3.05, 3.63) is 72.4 Å². The molecule has 0 bridgehead atoms. The summed E-state index contributed by atoms with van der Waals surface area (Å²) in [5.74, 6) is 0.332. The molecule has 32 heavy (non-hydrogen) atoms. The SMILES string of the molecule is C[C@@H]1CC(Cn2ccc3nc(-c4cn[nH]c4)ccc32)CN1C(=O)CCc1ccc(F)cc1. The van der Waals surface area contributed by atoms with E-state index in [0.29, 0.717) is 18.8 Å². The average Bonchev–Trinajstić information content (AvgIpc) is 3.54. The van der Waals surface area contributed by atoms with Crippen LogP contribution in [0.4, 0.5) is 4.39 Å². The molecule has 0 saturated carbocycles. The number of amides is 1. The van der Waals surface area contributed by atoms with E-state index in [0.717, 1.165) is 47.4 Å². The van der Waals surface area contributed by atoms with Crippen LogP contribution in [-0.4, -0.2) is 43.1 Å². The van der Waals surface area contributed by atoms with Crippen LogP contribution in [0.5, 0.6) is 0 Å². The van der Waals surface area contributed by atoms with Gasteiger partial charge in [-0.25, -0.2) is 9.37 Å². The zero-order chi connectivity index (χ0) is 22.1. The van der Waals surface area contributed by atoms with E-state index in [1.165, 1.54) is 12.1 Å². The monoisotopic (exact) mass is 431 g/mol. The van der Waals surface area contributed by atoms with E-state index < -0.39 is 0 Å². The molecule has 1 N–H and O–H groups in total. The molecule has 4 aromatic rings. The van der Waals surface area contributed by atoms with Crippen molar-refractivity contribution in [3.8, 4) is 11.3 Å². The molecule has 0 aliphatic carbocycles. The molecule has 0 radical (unpaired) electrons. The van der Waals surface area contributed by atoms with E-state index in [2.05, 4.69) is 34.0 Å². The van der Waals surface area contributed by atoms with Gasteiger partial charge in [-0.05, 0) is 61.6 Å². The highest BCUT2D eigenvalue weighted by Gasteiger charge is 2.32. The van der Waals surface area contributed by atoms with Gasteiger partial charge in [-0.2, -0.15) is 5.10 Å². The summed E-state index contributed by atoms with van der Waals surface area (Å²) in [5, 5.41) is 6.82. The zero-order valence-electron chi connectivity index (χ0n) is 18.0. The molecule has 164 valence electrons. The number of fused-ring (bicyclic) bond motifs is 1. The minimum atomic E-state index is -0.249. The molecule has 1 amide bonds. The van der Waals surface area contributed by atoms with Gasteiger partial charge in [0.05, 0.1) is 22.9 Å². The van der Waals surface area contributed by atoms with Gasteiger partial charge in [0.25, 0.3) is 0 Å². The van der Waals surface area contributed by atoms with E-state index in [-0.39, 0.29) is 17.8 Å². The van der Waals surface area contributed by atoms with E-state index in [9.17, 15) is 9.18 Å². The smallest absolute Gasteiger partial charge is 0.223 e. The number of H-pyrrole nitrogens is 1. The standard InChI is InChI=1S/C25H26FN5O/c1-17-12-19(16-31(17)25(32)9-4-18-2-5-21(26)6-3-18)15-30-11-10-23-24(30)8-7-22(29-23)20-13-27-28-14-20/h2-3,5-8,10-11,13-14,17,19H,4,9,12,15-16H2,1H3,(H,27,28)/t17-,19?/m1/s1. The van der Waals surface area contributed by atoms with Crippen LogP contribution in [0.15, 0.2) is 61.1 Å². The molecule has 1 aliphatic rings. The summed E-state index contributed by atoms with van der Waals surface area (Å²) < 4.78 is 15.3. The van der Waals surface area contributed by atoms with E-state index in [1.807, 2.05) is 23.2 Å². The van der Waals surface area contributed by atoms with Crippen LogP contribution in [0.3, 0.4) is 0 Å². The average molecular weight is 432 g/mol. The lowest BCUT2D eigenvalue weighted by Gasteiger charge is -2.21. The van der Waals surface area contributed by atoms with Crippen LogP contribution >= 0.6 is 0 Å². The topological polar surface area (TPSA) is 66.8 Å². The highest BCUT2D eigenvalue weighted by atomic mass is 19.1. The van der Waals surface area contributed by atoms with Gasteiger partial charge in [-0.3, -0.25) is 9.89 Å². The zero-order valence-corrected chi connectivity index (χ0v) is 18.0. The summed E-state index contributed by atoms with van der Waals surface area (Å²) in [5.41, 5.74) is 4.92. The predicted molar refractivity (Wildman–Crippen MR) is 121 cm³/mol. The first-order valence-corrected chi connectivity index (χ1v) is 11.1. The summed E-state index contributed by atoms with van der Waals surface area (Å²) in [7, 11) is 0. The van der Waals surface area contributed by atoms with E-state index >= 15 is 0 Å². The summed E-state index contributed by atoms with van der Waals surface area (Å²) in [6.45, 7) is 3.76. The van der Waals surface area contributed by atoms with Gasteiger partial charge < -0.3 is 9.47 Å². The minimum absolute atomic E-state index is 0.174. The molecule has 2 atom stereocenters. The van der Waals surface area contributed by atoms with Crippen molar-refractivity contribution in [2.75, 3.05) is 6.54 Å². The second-order valence-electron chi connectivity index (χ2n) is 8.68. The minimum Gasteiger partial charge on any atom is -0.346 e. The molecule has 1 unspecified atom stereocenters. The number of aromatic amines is 1. The summed E-state index contributed by atoms with van der Waals surface area (Å²) in [6.07, 6.45) is 7.78. The van der Waals surface area contributed by atoms with Crippen molar-refractivity contribution in [2.24, 2.45) is 5.92 Å². The maximum atomic E-state index is 13.1. The number of halogens is 1. The number of carbonyl (C=O) groups is 1. The summed E-state index contributed by atoms with van der Waals surface area (Å²) in [6, 6.07) is 12.8. The van der Waals surface area contributed by atoms with Gasteiger partial charge in [0.15, 0.2) is 0 Å². The van der Waals surface area contributed by atoms with Crippen molar-refractivity contribution < 1.29 is 9.18 Å². The molecule has 1 fully saturated rings. The molecule has 7 heteroatoms. The lowest BCUT2D eigenvalue weighted by molar-refractivity contribution is -0.131. The van der Waals surface area contributed by atoms with Crippen LogP contribution in [-0.2, 0) is 17.8 Å². The van der Waals surface area contributed by atoms with E-state index in [4.69, 9.17) is 4.98 Å². The molecule has 5 rings (SSSR count). The Morgan fingerprint density at radius 1 is 1.19 bits per heavy atom. The first-order chi connectivity index (χ1) is 15.6. The lowest BCUT2D eigenvalue weighted by atomic mass is 10.1. The number of nitrogens with one attached hydrogen (secondary N) is 1. The second kappa shape index (κ2) is 8.57. The molecular formula is C25H26FN5O. The number of benzene rings is 1. The van der Waals surface area contributed by atoms with Crippen LogP contribution in [0.25, 0.3) is 22.3 Å². The van der Waals surface area contributed by atoms with Gasteiger partial charge >= 0.3 is 0 Å². The Labute approximate surface area is 186 Å². The van der Waals surface area contributed by atoms with Gasteiger partial charge in [-0.1, -0.05) is 12.1 Å². The fourth-order valence-corrected chi connectivity index (χ4v) is 4.73. The van der Waals surface area contributed by atoms with Crippen molar-refractivity contribution in [3.63, 3.8) is 0 Å². The number of aromatic nitrogens is 4. The Morgan fingerprint density at radius 2 is 2.03 bits per heavy atom. The number of rotatable bonds is 6. The van der Waals surface area contributed by atoms with Crippen LogP contribution in [0, 0.1) is 11.7 Å². The van der Waals surface area contributed by atoms with Gasteiger partial charge in [-0.15, -0.1) is 0 Å². The number of likely N-dealkylation sites (tertiary alicyclic amines) is 1. The number of aryl methyl sites for hydroxylation is 1. The van der Waals surface area contributed by atoms with Gasteiger partial charge in [0, 0.05) is 43.5 Å². The van der Waals surface area contributed by atoms with Crippen molar-refractivity contribution in [2.45, 2.75) is 38.8 Å². The number of carbonyl (C=O) groups excluding carboxylic acids is 1.